The molecule has 10 heteroatoms. The lowest BCUT2D eigenvalue weighted by molar-refractivity contribution is 0.0933. The van der Waals surface area contributed by atoms with Crippen molar-refractivity contribution in [3.8, 4) is 5.75 Å². The second kappa shape index (κ2) is 10.1. The fourth-order valence-corrected chi connectivity index (χ4v) is 4.82. The van der Waals surface area contributed by atoms with Crippen LogP contribution in [0.25, 0.3) is 11.2 Å². The molecular weight excluding hydrogens is 472 g/mol. The van der Waals surface area contributed by atoms with E-state index >= 15 is 0 Å². The Labute approximate surface area is 214 Å². The molecule has 1 aliphatic rings. The minimum atomic E-state index is -0.900. The number of hydrogen-bond donors (Lipinski definition) is 1. The van der Waals surface area contributed by atoms with Crippen molar-refractivity contribution >= 4 is 22.8 Å². The molecule has 0 bridgehead atoms. The summed E-state index contributed by atoms with van der Waals surface area (Å²) in [5, 5.41) is 11.0. The van der Waals surface area contributed by atoms with Crippen LogP contribution >= 0.6 is 0 Å². The van der Waals surface area contributed by atoms with E-state index in [9.17, 15) is 14.7 Å². The van der Waals surface area contributed by atoms with Crippen molar-refractivity contribution in [3.63, 3.8) is 0 Å². The molecule has 4 aromatic rings. The van der Waals surface area contributed by atoms with Gasteiger partial charge in [0, 0.05) is 46.0 Å². The van der Waals surface area contributed by atoms with Gasteiger partial charge in [-0.2, -0.15) is 4.98 Å². The Balaban J connectivity index is 1.45. The molecule has 0 amide bonds. The summed E-state index contributed by atoms with van der Waals surface area (Å²) in [6.45, 7) is 5.03. The quantitative estimate of drug-likeness (QED) is 0.407. The summed E-state index contributed by atoms with van der Waals surface area (Å²) in [6.07, 6.45) is -0.900. The number of aryl methyl sites for hydroxylation is 2. The number of rotatable bonds is 7. The summed E-state index contributed by atoms with van der Waals surface area (Å²) in [5.74, 6) is 1.27. The van der Waals surface area contributed by atoms with Crippen LogP contribution in [0.1, 0.15) is 5.56 Å². The van der Waals surface area contributed by atoms with Crippen LogP contribution in [0.4, 0.5) is 11.6 Å². The number of aliphatic hydroxyl groups is 1. The Kier molecular flexibility index (Phi) is 6.75. The number of ether oxygens (including phenoxy) is 1. The summed E-state index contributed by atoms with van der Waals surface area (Å²) < 4.78 is 10.1. The molecule has 0 aliphatic carbocycles. The molecule has 5 rings (SSSR count). The monoisotopic (exact) mass is 504 g/mol. The zero-order chi connectivity index (χ0) is 26.1. The van der Waals surface area contributed by atoms with Gasteiger partial charge in [-0.3, -0.25) is 13.9 Å². The first-order valence-corrected chi connectivity index (χ1v) is 12.4. The van der Waals surface area contributed by atoms with Gasteiger partial charge in [-0.15, -0.1) is 0 Å². The van der Waals surface area contributed by atoms with Crippen molar-refractivity contribution in [1.29, 1.82) is 0 Å². The Morgan fingerprint density at radius 2 is 1.57 bits per heavy atom. The van der Waals surface area contributed by atoms with E-state index in [4.69, 9.17) is 9.72 Å². The summed E-state index contributed by atoms with van der Waals surface area (Å²) in [4.78, 5) is 35.0. The third-order valence-corrected chi connectivity index (χ3v) is 6.93. The molecule has 0 radical (unpaired) electrons. The molecule has 3 heterocycles. The average Bonchev–Trinajstić information content (AvgIpc) is 3.30. The van der Waals surface area contributed by atoms with Crippen LogP contribution in [0, 0.1) is 6.92 Å². The van der Waals surface area contributed by atoms with Crippen molar-refractivity contribution < 1.29 is 9.84 Å². The molecule has 1 saturated heterocycles. The summed E-state index contributed by atoms with van der Waals surface area (Å²) >= 11 is 0. The first-order valence-electron chi connectivity index (χ1n) is 12.4. The van der Waals surface area contributed by atoms with E-state index in [0.29, 0.717) is 36.0 Å². The number of anilines is 2. The number of aromatic nitrogens is 4. The smallest absolute Gasteiger partial charge is 0.332 e. The standard InChI is InChI=1S/C27H32N6O4/c1-19-9-7-8-12-22(19)37-18-21(34)17-33-23-24(29(2)27(36)30(3)25(23)35)28-26(33)32-15-13-31(14-16-32)20-10-5-4-6-11-20/h4-12,21,34H,13-18H2,1-3H3. The van der Waals surface area contributed by atoms with Crippen LogP contribution in [0.5, 0.6) is 5.75 Å². The third-order valence-electron chi connectivity index (χ3n) is 6.93. The van der Waals surface area contributed by atoms with Crippen LogP contribution in [-0.2, 0) is 20.6 Å². The molecule has 1 aliphatic heterocycles. The molecule has 2 aromatic heterocycles. The number of imidazole rings is 1. The normalized spacial score (nSPS) is 14.8. The highest BCUT2D eigenvalue weighted by atomic mass is 16.5. The van der Waals surface area contributed by atoms with Crippen LogP contribution in [0.15, 0.2) is 64.2 Å². The fraction of sp³-hybridized carbons (Fsp3) is 0.370. The number of piperazine rings is 1. The van der Waals surface area contributed by atoms with E-state index in [1.165, 1.54) is 11.6 Å². The van der Waals surface area contributed by atoms with Gasteiger partial charge in [0.2, 0.25) is 5.95 Å². The van der Waals surface area contributed by atoms with Gasteiger partial charge in [0.1, 0.15) is 18.5 Å². The maximum atomic E-state index is 13.2. The summed E-state index contributed by atoms with van der Waals surface area (Å²) in [6, 6.07) is 17.9. The fourth-order valence-electron chi connectivity index (χ4n) is 4.82. The van der Waals surface area contributed by atoms with Gasteiger partial charge in [-0.1, -0.05) is 36.4 Å². The maximum Gasteiger partial charge on any atom is 0.332 e. The van der Waals surface area contributed by atoms with Crippen molar-refractivity contribution in [2.75, 3.05) is 42.6 Å². The number of nitrogens with zero attached hydrogens (tertiary/aromatic N) is 6. The SMILES string of the molecule is Cc1ccccc1OCC(O)Cn1c(N2CCN(c3ccccc3)CC2)nc2c1c(=O)n(C)c(=O)n2C. The van der Waals surface area contributed by atoms with Gasteiger partial charge in [0.25, 0.3) is 5.56 Å². The number of fused-ring (bicyclic) bond motifs is 1. The van der Waals surface area contributed by atoms with Gasteiger partial charge < -0.3 is 24.2 Å². The molecule has 1 atom stereocenters. The van der Waals surface area contributed by atoms with E-state index in [0.717, 1.165) is 28.9 Å². The number of para-hydroxylation sites is 2. The molecule has 0 spiro atoms. The maximum absolute atomic E-state index is 13.2. The van der Waals surface area contributed by atoms with E-state index in [-0.39, 0.29) is 13.2 Å². The van der Waals surface area contributed by atoms with Gasteiger partial charge in [-0.25, -0.2) is 4.79 Å². The number of benzene rings is 2. The zero-order valence-corrected chi connectivity index (χ0v) is 21.4. The van der Waals surface area contributed by atoms with Gasteiger partial charge in [0.05, 0.1) is 6.54 Å². The minimum Gasteiger partial charge on any atom is -0.491 e. The third kappa shape index (κ3) is 4.72. The lowest BCUT2D eigenvalue weighted by atomic mass is 10.2. The molecule has 1 unspecified atom stereocenters. The van der Waals surface area contributed by atoms with E-state index < -0.39 is 17.4 Å². The molecule has 2 aromatic carbocycles. The highest BCUT2D eigenvalue weighted by molar-refractivity contribution is 5.74. The second-order valence-corrected chi connectivity index (χ2v) is 9.44. The molecule has 194 valence electrons. The van der Waals surface area contributed by atoms with Gasteiger partial charge in [0.15, 0.2) is 11.2 Å². The average molecular weight is 505 g/mol. The predicted molar refractivity (Wildman–Crippen MR) is 144 cm³/mol. The lowest BCUT2D eigenvalue weighted by Crippen LogP contribution is -2.47. The van der Waals surface area contributed by atoms with E-state index in [1.807, 2.05) is 49.4 Å². The van der Waals surface area contributed by atoms with Crippen LogP contribution < -0.4 is 25.8 Å². The lowest BCUT2D eigenvalue weighted by Gasteiger charge is -2.36. The molecule has 0 saturated carbocycles. The van der Waals surface area contributed by atoms with E-state index in [2.05, 4.69) is 21.9 Å². The molecule has 37 heavy (non-hydrogen) atoms. The van der Waals surface area contributed by atoms with Crippen LogP contribution in [0.2, 0.25) is 0 Å². The van der Waals surface area contributed by atoms with Crippen LogP contribution in [-0.4, -0.2) is 62.7 Å². The second-order valence-electron chi connectivity index (χ2n) is 9.44. The Hall–Kier alpha value is -4.05. The predicted octanol–water partition coefficient (Wildman–Crippen LogP) is 1.51. The number of hydrogen-bond acceptors (Lipinski definition) is 7. The largest absolute Gasteiger partial charge is 0.491 e. The summed E-state index contributed by atoms with van der Waals surface area (Å²) in [5.41, 5.74) is 1.86. The van der Waals surface area contributed by atoms with Crippen LogP contribution in [0.3, 0.4) is 0 Å². The Morgan fingerprint density at radius 1 is 0.919 bits per heavy atom. The molecule has 1 fully saturated rings. The first kappa shape index (κ1) is 24.6. The molecular formula is C27H32N6O4. The topological polar surface area (TPSA) is 97.8 Å². The molecule has 1 N–H and O–H groups in total. The number of aliphatic hydroxyl groups excluding tert-OH is 1. The first-order chi connectivity index (χ1) is 17.8. The highest BCUT2D eigenvalue weighted by Gasteiger charge is 2.27. The van der Waals surface area contributed by atoms with Gasteiger partial charge in [-0.05, 0) is 30.7 Å². The highest BCUT2D eigenvalue weighted by Crippen LogP contribution is 2.24. The summed E-state index contributed by atoms with van der Waals surface area (Å²) in [7, 11) is 3.06. The van der Waals surface area contributed by atoms with Gasteiger partial charge >= 0.3 is 5.69 Å². The zero-order valence-electron chi connectivity index (χ0n) is 21.4. The molecule has 10 nitrogen and oxygen atoms in total. The van der Waals surface area contributed by atoms with Crippen molar-refractivity contribution in [2.45, 2.75) is 19.6 Å². The Morgan fingerprint density at radius 3 is 2.27 bits per heavy atom. The van der Waals surface area contributed by atoms with Crippen molar-refractivity contribution in [2.24, 2.45) is 14.1 Å². The van der Waals surface area contributed by atoms with Crippen molar-refractivity contribution in [1.82, 2.24) is 18.7 Å². The van der Waals surface area contributed by atoms with E-state index in [1.54, 1.807) is 11.6 Å². The van der Waals surface area contributed by atoms with Crippen molar-refractivity contribution in [3.05, 3.63) is 81.0 Å². The minimum absolute atomic E-state index is 0.0534. The Bertz CT molecular complexity index is 1520.